The average Bonchev–Trinajstić information content (AvgIpc) is 3.04. The Morgan fingerprint density at radius 1 is 0.524 bits per heavy atom. The van der Waals surface area contributed by atoms with Crippen LogP contribution in [0.15, 0.2) is 146 Å². The van der Waals surface area contributed by atoms with Crippen LogP contribution in [0.5, 0.6) is 0 Å². The molecule has 7 rings (SSSR count). The molecule has 0 aliphatic carbocycles. The van der Waals surface area contributed by atoms with E-state index in [1.165, 1.54) is 60.5 Å². The summed E-state index contributed by atoms with van der Waals surface area (Å²) in [7, 11) is 0. The number of fused-ring (bicyclic) bond motifs is 2. The second kappa shape index (κ2) is 10.5. The first-order chi connectivity index (χ1) is 20.5. The van der Waals surface area contributed by atoms with E-state index in [0.717, 1.165) is 5.70 Å². The van der Waals surface area contributed by atoms with E-state index < -0.39 is 0 Å². The van der Waals surface area contributed by atoms with Crippen LogP contribution in [0.1, 0.15) is 43.5 Å². The number of allylic oxidation sites excluding steroid dienone is 2. The quantitative estimate of drug-likeness (QED) is 0.219. The van der Waals surface area contributed by atoms with E-state index in [-0.39, 0.29) is 11.5 Å². The summed E-state index contributed by atoms with van der Waals surface area (Å²) in [6.07, 6.45) is 6.59. The molecule has 1 N–H and O–H groups in total. The van der Waals surface area contributed by atoms with Crippen molar-refractivity contribution in [1.29, 1.82) is 0 Å². The summed E-state index contributed by atoms with van der Waals surface area (Å²) in [5.74, 6) is 0. The van der Waals surface area contributed by atoms with Crippen molar-refractivity contribution in [3.63, 3.8) is 0 Å². The van der Waals surface area contributed by atoms with Crippen LogP contribution in [0.3, 0.4) is 0 Å². The molecule has 0 amide bonds. The Bertz CT molecular complexity index is 1960. The van der Waals surface area contributed by atoms with Crippen LogP contribution in [-0.2, 0) is 5.41 Å². The lowest BCUT2D eigenvalue weighted by atomic mass is 9.81. The largest absolute Gasteiger partial charge is 0.374 e. The zero-order chi connectivity index (χ0) is 28.7. The predicted molar refractivity (Wildman–Crippen MR) is 180 cm³/mol. The van der Waals surface area contributed by atoms with Crippen molar-refractivity contribution in [2.45, 2.75) is 32.2 Å². The molecule has 1 atom stereocenters. The highest BCUT2D eigenvalue weighted by molar-refractivity contribution is 6.21. The second-order valence-corrected chi connectivity index (χ2v) is 12.3. The zero-order valence-electron chi connectivity index (χ0n) is 24.4. The van der Waals surface area contributed by atoms with Gasteiger partial charge in [0.2, 0.25) is 0 Å². The first-order valence-corrected chi connectivity index (χ1v) is 14.8. The van der Waals surface area contributed by atoms with E-state index >= 15 is 0 Å². The molecule has 1 heteroatoms. The summed E-state index contributed by atoms with van der Waals surface area (Å²) in [6, 6.07) is 46.6. The first-order valence-electron chi connectivity index (χ1n) is 14.8. The number of hydrogen-bond acceptors (Lipinski definition) is 1. The van der Waals surface area contributed by atoms with E-state index in [0.29, 0.717) is 0 Å². The average molecular weight is 542 g/mol. The van der Waals surface area contributed by atoms with Crippen LogP contribution in [0.4, 0.5) is 0 Å². The van der Waals surface area contributed by atoms with Gasteiger partial charge in [0.1, 0.15) is 0 Å². The van der Waals surface area contributed by atoms with Crippen LogP contribution < -0.4 is 5.32 Å². The lowest BCUT2D eigenvalue weighted by Crippen LogP contribution is -2.20. The maximum atomic E-state index is 3.79. The van der Waals surface area contributed by atoms with Gasteiger partial charge in [-0.3, -0.25) is 0 Å². The van der Waals surface area contributed by atoms with Crippen molar-refractivity contribution >= 4 is 27.2 Å². The minimum Gasteiger partial charge on any atom is -0.374 e. The summed E-state index contributed by atoms with van der Waals surface area (Å²) < 4.78 is 0. The SMILES string of the molecule is CC(C)(C)c1ccc2c(-c3ccccc3)c3cc(C4C=CC=C(c5ccccc5)N4)ccc3c(-c3ccccc3)c2c1. The van der Waals surface area contributed by atoms with E-state index in [9.17, 15) is 0 Å². The molecule has 0 saturated carbocycles. The van der Waals surface area contributed by atoms with Crippen molar-refractivity contribution in [1.82, 2.24) is 5.32 Å². The molecule has 0 bridgehead atoms. The van der Waals surface area contributed by atoms with Gasteiger partial charge in [-0.1, -0.05) is 148 Å². The van der Waals surface area contributed by atoms with Gasteiger partial charge in [-0.2, -0.15) is 0 Å². The maximum Gasteiger partial charge on any atom is 0.0701 e. The fourth-order valence-electron chi connectivity index (χ4n) is 6.26. The smallest absolute Gasteiger partial charge is 0.0701 e. The Kier molecular flexibility index (Phi) is 6.52. The Morgan fingerprint density at radius 3 is 1.62 bits per heavy atom. The molecule has 6 aromatic rings. The molecular formula is C41H35N. The molecule has 1 heterocycles. The summed E-state index contributed by atoms with van der Waals surface area (Å²) in [4.78, 5) is 0. The van der Waals surface area contributed by atoms with Gasteiger partial charge in [0.05, 0.1) is 6.04 Å². The fourth-order valence-corrected chi connectivity index (χ4v) is 6.26. The number of rotatable bonds is 4. The summed E-state index contributed by atoms with van der Waals surface area (Å²) in [5, 5.41) is 8.94. The minimum absolute atomic E-state index is 0.0524. The number of hydrogen-bond donors (Lipinski definition) is 1. The molecule has 1 nitrogen and oxygen atoms in total. The van der Waals surface area contributed by atoms with Crippen LogP contribution >= 0.6 is 0 Å². The Balaban J connectivity index is 1.50. The molecule has 1 unspecified atom stereocenters. The third-order valence-corrected chi connectivity index (χ3v) is 8.45. The predicted octanol–water partition coefficient (Wildman–Crippen LogP) is 10.9. The molecule has 0 saturated heterocycles. The molecule has 1 aliphatic rings. The molecule has 0 aromatic heterocycles. The Hall–Kier alpha value is -4.88. The van der Waals surface area contributed by atoms with Crippen molar-refractivity contribution in [2.24, 2.45) is 0 Å². The van der Waals surface area contributed by atoms with Crippen LogP contribution in [0, 0.1) is 0 Å². The molecule has 42 heavy (non-hydrogen) atoms. The van der Waals surface area contributed by atoms with Crippen LogP contribution in [-0.4, -0.2) is 0 Å². The van der Waals surface area contributed by atoms with E-state index in [1.54, 1.807) is 0 Å². The van der Waals surface area contributed by atoms with Gasteiger partial charge in [0.25, 0.3) is 0 Å². The maximum absolute atomic E-state index is 3.79. The van der Waals surface area contributed by atoms with Crippen molar-refractivity contribution < 1.29 is 0 Å². The van der Waals surface area contributed by atoms with E-state index in [2.05, 4.69) is 172 Å². The Morgan fingerprint density at radius 2 is 1.05 bits per heavy atom. The van der Waals surface area contributed by atoms with Gasteiger partial charge >= 0.3 is 0 Å². The van der Waals surface area contributed by atoms with Crippen molar-refractivity contribution in [2.75, 3.05) is 0 Å². The molecular weight excluding hydrogens is 506 g/mol. The first kappa shape index (κ1) is 26.0. The van der Waals surface area contributed by atoms with Crippen molar-refractivity contribution in [3.05, 3.63) is 162 Å². The highest BCUT2D eigenvalue weighted by Crippen LogP contribution is 2.45. The standard InChI is InChI=1S/C41H35N/c1-41(2,3)32-23-25-34-36(27-32)40(30-18-11-6-12-19-30)33-24-22-31(26-35(33)39(34)29-16-9-5-10-17-29)38-21-13-20-37(42-38)28-14-7-4-8-15-28/h4-27,38,42H,1-3H3. The Labute approximate surface area is 248 Å². The zero-order valence-corrected chi connectivity index (χ0v) is 24.4. The number of benzene rings is 6. The lowest BCUT2D eigenvalue weighted by molar-refractivity contribution is 0.591. The molecule has 0 spiro atoms. The molecule has 0 radical (unpaired) electrons. The molecule has 204 valence electrons. The highest BCUT2D eigenvalue weighted by atomic mass is 14.9. The highest BCUT2D eigenvalue weighted by Gasteiger charge is 2.22. The van der Waals surface area contributed by atoms with Crippen LogP contribution in [0.25, 0.3) is 49.5 Å². The summed E-state index contributed by atoms with van der Waals surface area (Å²) in [6.45, 7) is 6.89. The summed E-state index contributed by atoms with van der Waals surface area (Å²) >= 11 is 0. The van der Waals surface area contributed by atoms with Gasteiger partial charge in [-0.05, 0) is 84.1 Å². The fraction of sp³-hybridized carbons (Fsp3) is 0.122. The lowest BCUT2D eigenvalue weighted by Gasteiger charge is -2.25. The second-order valence-electron chi connectivity index (χ2n) is 12.3. The number of nitrogens with one attached hydrogen (secondary N) is 1. The van der Waals surface area contributed by atoms with Gasteiger partial charge in [0.15, 0.2) is 0 Å². The molecule has 1 aliphatic heterocycles. The topological polar surface area (TPSA) is 12.0 Å². The van der Waals surface area contributed by atoms with Gasteiger partial charge in [-0.25, -0.2) is 0 Å². The number of dihydropyridines is 1. The molecule has 6 aromatic carbocycles. The third-order valence-electron chi connectivity index (χ3n) is 8.45. The van der Waals surface area contributed by atoms with Crippen molar-refractivity contribution in [3.8, 4) is 22.3 Å². The van der Waals surface area contributed by atoms with E-state index in [1.807, 2.05) is 0 Å². The van der Waals surface area contributed by atoms with Gasteiger partial charge < -0.3 is 5.32 Å². The van der Waals surface area contributed by atoms with Gasteiger partial charge in [-0.15, -0.1) is 0 Å². The van der Waals surface area contributed by atoms with Crippen LogP contribution in [0.2, 0.25) is 0 Å². The minimum atomic E-state index is 0.0524. The van der Waals surface area contributed by atoms with Gasteiger partial charge in [0, 0.05) is 5.70 Å². The normalized spacial score (nSPS) is 15.0. The summed E-state index contributed by atoms with van der Waals surface area (Å²) in [5.41, 5.74) is 10.1. The van der Waals surface area contributed by atoms with E-state index in [4.69, 9.17) is 0 Å². The monoisotopic (exact) mass is 541 g/mol. The third kappa shape index (κ3) is 4.72. The molecule has 0 fully saturated rings.